The molecule has 1 unspecified atom stereocenters. The van der Waals surface area contributed by atoms with Gasteiger partial charge in [0, 0.05) is 0 Å². The van der Waals surface area contributed by atoms with Gasteiger partial charge in [0.25, 0.3) is 5.60 Å². The van der Waals surface area contributed by atoms with Crippen LogP contribution in [0.25, 0.3) is 0 Å². The van der Waals surface area contributed by atoms with E-state index in [9.17, 15) is 14.4 Å². The number of ether oxygens (including phenoxy) is 1. The number of carboxylic acids is 3. The first-order valence-corrected chi connectivity index (χ1v) is 4.27. The summed E-state index contributed by atoms with van der Waals surface area (Å²) in [6, 6.07) is 0. The molecule has 3 N–H and O–H groups in total. The minimum atomic E-state index is -2.42. The van der Waals surface area contributed by atoms with E-state index in [-0.39, 0.29) is 19.3 Å². The van der Waals surface area contributed by atoms with Crippen molar-refractivity contribution in [2.75, 3.05) is 0 Å². The molecule has 0 aromatic carbocycles. The van der Waals surface area contributed by atoms with E-state index >= 15 is 0 Å². The molecule has 0 spiro atoms. The first-order valence-electron chi connectivity index (χ1n) is 4.27. The summed E-state index contributed by atoms with van der Waals surface area (Å²) in [5, 5.41) is 26.1. The summed E-state index contributed by atoms with van der Waals surface area (Å²) in [5.41, 5.74) is -2.42. The highest BCUT2D eigenvalue weighted by molar-refractivity contribution is 6.02. The topological polar surface area (TPSA) is 121 Å². The van der Waals surface area contributed by atoms with Gasteiger partial charge >= 0.3 is 17.9 Å². The molecule has 0 amide bonds. The fourth-order valence-electron chi connectivity index (χ4n) is 1.48. The van der Waals surface area contributed by atoms with Gasteiger partial charge in [-0.15, -0.1) is 0 Å². The van der Waals surface area contributed by atoms with Crippen LogP contribution in [0.4, 0.5) is 0 Å². The second kappa shape index (κ2) is 3.85. The second-order valence-corrected chi connectivity index (χ2v) is 3.27. The van der Waals surface area contributed by atoms with E-state index in [1.807, 2.05) is 0 Å². The van der Waals surface area contributed by atoms with Crippen LogP contribution in [0.1, 0.15) is 19.3 Å². The number of hydrogen-bond acceptors (Lipinski definition) is 4. The number of aliphatic carboxylic acids is 3. The first-order chi connectivity index (χ1) is 6.90. The van der Waals surface area contributed by atoms with Crippen LogP contribution < -0.4 is 0 Å². The van der Waals surface area contributed by atoms with Crippen LogP contribution in [0, 0.1) is 0 Å². The number of hydrogen-bond donors (Lipinski definition) is 3. The summed E-state index contributed by atoms with van der Waals surface area (Å²) in [7, 11) is 0. The van der Waals surface area contributed by atoms with Gasteiger partial charge in [0.15, 0.2) is 6.10 Å². The van der Waals surface area contributed by atoms with Crippen molar-refractivity contribution in [1.29, 1.82) is 0 Å². The Morgan fingerprint density at radius 2 is 1.67 bits per heavy atom. The predicted octanol–water partition coefficient (Wildman–Crippen LogP) is -0.452. The quantitative estimate of drug-likeness (QED) is 0.548. The molecular formula is C8H10O7. The van der Waals surface area contributed by atoms with E-state index in [0.29, 0.717) is 0 Å². The Balaban J connectivity index is 2.95. The van der Waals surface area contributed by atoms with Crippen LogP contribution in [0.5, 0.6) is 0 Å². The van der Waals surface area contributed by atoms with Crippen LogP contribution in [-0.4, -0.2) is 44.9 Å². The highest BCUT2D eigenvalue weighted by Crippen LogP contribution is 2.29. The lowest BCUT2D eigenvalue weighted by molar-refractivity contribution is -0.203. The lowest BCUT2D eigenvalue weighted by atomic mass is 9.91. The molecule has 0 aromatic rings. The zero-order valence-corrected chi connectivity index (χ0v) is 7.67. The van der Waals surface area contributed by atoms with Gasteiger partial charge in [-0.05, 0) is 19.3 Å². The van der Waals surface area contributed by atoms with Crippen molar-refractivity contribution in [2.24, 2.45) is 0 Å². The Morgan fingerprint density at radius 3 is 2.07 bits per heavy atom. The fraction of sp³-hybridized carbons (Fsp3) is 0.625. The standard InChI is InChI=1S/C8H10O7/c9-5(10)4-2-1-3-8(15-4,6(11)12)7(13)14/h4H,1-3H2,(H,9,10)(H,11,12)(H,13,14). The molecule has 1 aliphatic rings. The van der Waals surface area contributed by atoms with Crippen molar-refractivity contribution in [3.8, 4) is 0 Å². The van der Waals surface area contributed by atoms with Crippen LogP contribution >= 0.6 is 0 Å². The Bertz CT molecular complexity index is 294. The van der Waals surface area contributed by atoms with Crippen LogP contribution in [0.15, 0.2) is 0 Å². The third-order valence-corrected chi connectivity index (χ3v) is 2.30. The van der Waals surface area contributed by atoms with E-state index < -0.39 is 29.6 Å². The average molecular weight is 218 g/mol. The smallest absolute Gasteiger partial charge is 0.347 e. The van der Waals surface area contributed by atoms with Crippen LogP contribution in [0.2, 0.25) is 0 Å². The molecule has 7 nitrogen and oxygen atoms in total. The monoisotopic (exact) mass is 218 g/mol. The van der Waals surface area contributed by atoms with E-state index in [1.165, 1.54) is 0 Å². The maximum Gasteiger partial charge on any atom is 0.347 e. The zero-order chi connectivity index (χ0) is 11.6. The van der Waals surface area contributed by atoms with Gasteiger partial charge in [-0.2, -0.15) is 0 Å². The Morgan fingerprint density at radius 1 is 1.13 bits per heavy atom. The maximum atomic E-state index is 10.8. The van der Waals surface area contributed by atoms with Crippen molar-refractivity contribution in [1.82, 2.24) is 0 Å². The van der Waals surface area contributed by atoms with Crippen LogP contribution in [-0.2, 0) is 19.1 Å². The lowest BCUT2D eigenvalue weighted by Gasteiger charge is -2.32. The second-order valence-electron chi connectivity index (χ2n) is 3.27. The molecule has 0 bridgehead atoms. The van der Waals surface area contributed by atoms with Gasteiger partial charge < -0.3 is 20.1 Å². The summed E-state index contributed by atoms with van der Waals surface area (Å²) in [4.78, 5) is 32.2. The van der Waals surface area contributed by atoms with E-state index in [2.05, 4.69) is 4.74 Å². The van der Waals surface area contributed by atoms with Crippen molar-refractivity contribution < 1.29 is 34.4 Å². The Kier molecular flexibility index (Phi) is 2.94. The SMILES string of the molecule is O=C(O)C1CCCC(C(=O)O)(C(=O)O)O1. The molecule has 1 rings (SSSR count). The molecule has 84 valence electrons. The molecule has 15 heavy (non-hydrogen) atoms. The number of rotatable bonds is 3. The van der Waals surface area contributed by atoms with Crippen molar-refractivity contribution in [2.45, 2.75) is 31.0 Å². The highest BCUT2D eigenvalue weighted by atomic mass is 16.6. The molecule has 0 aromatic heterocycles. The fourth-order valence-corrected chi connectivity index (χ4v) is 1.48. The number of carbonyl (C=O) groups is 3. The average Bonchev–Trinajstić information content (AvgIpc) is 2.17. The minimum absolute atomic E-state index is 0.123. The molecule has 1 saturated heterocycles. The Hall–Kier alpha value is -1.63. The molecule has 1 fully saturated rings. The third kappa shape index (κ3) is 1.91. The van der Waals surface area contributed by atoms with Gasteiger partial charge in [-0.25, -0.2) is 14.4 Å². The highest BCUT2D eigenvalue weighted by Gasteiger charge is 2.52. The van der Waals surface area contributed by atoms with E-state index in [1.54, 1.807) is 0 Å². The van der Waals surface area contributed by atoms with Crippen LogP contribution in [0.3, 0.4) is 0 Å². The molecule has 1 aliphatic heterocycles. The summed E-state index contributed by atoms with van der Waals surface area (Å²) in [6.07, 6.45) is -1.28. The van der Waals surface area contributed by atoms with Crippen molar-refractivity contribution in [3.05, 3.63) is 0 Å². The lowest BCUT2D eigenvalue weighted by Crippen LogP contribution is -2.54. The summed E-state index contributed by atoms with van der Waals surface area (Å²) in [5.74, 6) is -4.68. The molecular weight excluding hydrogens is 208 g/mol. The maximum absolute atomic E-state index is 10.8. The Labute approximate surface area is 84.3 Å². The van der Waals surface area contributed by atoms with Crippen molar-refractivity contribution in [3.63, 3.8) is 0 Å². The molecule has 0 saturated carbocycles. The molecule has 1 atom stereocenters. The first kappa shape index (κ1) is 11.4. The van der Waals surface area contributed by atoms with E-state index in [0.717, 1.165) is 0 Å². The third-order valence-electron chi connectivity index (χ3n) is 2.30. The van der Waals surface area contributed by atoms with Gasteiger partial charge in [-0.1, -0.05) is 0 Å². The molecule has 0 aliphatic carbocycles. The molecule has 1 heterocycles. The predicted molar refractivity (Wildman–Crippen MR) is 44.4 cm³/mol. The number of carboxylic acid groups (broad SMARTS) is 3. The summed E-state index contributed by atoms with van der Waals surface area (Å²) in [6.45, 7) is 0. The van der Waals surface area contributed by atoms with Crippen molar-refractivity contribution >= 4 is 17.9 Å². The summed E-state index contributed by atoms with van der Waals surface area (Å²) < 4.78 is 4.66. The minimum Gasteiger partial charge on any atom is -0.479 e. The van der Waals surface area contributed by atoms with Gasteiger partial charge in [0.05, 0.1) is 0 Å². The van der Waals surface area contributed by atoms with Gasteiger partial charge in [0.2, 0.25) is 0 Å². The molecule has 7 heteroatoms. The van der Waals surface area contributed by atoms with E-state index in [4.69, 9.17) is 15.3 Å². The van der Waals surface area contributed by atoms with Gasteiger partial charge in [-0.3, -0.25) is 0 Å². The van der Waals surface area contributed by atoms with Gasteiger partial charge in [0.1, 0.15) is 0 Å². The largest absolute Gasteiger partial charge is 0.479 e. The normalized spacial score (nSPS) is 24.4. The summed E-state index contributed by atoms with van der Waals surface area (Å²) >= 11 is 0. The zero-order valence-electron chi connectivity index (χ0n) is 7.67. The molecule has 0 radical (unpaired) electrons.